The molecule has 6 nitrogen and oxygen atoms in total. The number of phenolic OH excluding ortho intramolecular Hbond substituents is 1. The summed E-state index contributed by atoms with van der Waals surface area (Å²) in [5, 5.41) is 11.7. The van der Waals surface area contributed by atoms with Gasteiger partial charge in [0.05, 0.1) is 12.2 Å². The average Bonchev–Trinajstić information content (AvgIpc) is 2.60. The van der Waals surface area contributed by atoms with E-state index in [0.717, 1.165) is 0 Å². The Bertz CT molecular complexity index is 940. The van der Waals surface area contributed by atoms with Crippen LogP contribution in [0.1, 0.15) is 27.1 Å². The number of aromatic hydroxyl groups is 1. The van der Waals surface area contributed by atoms with Gasteiger partial charge in [0.2, 0.25) is 6.29 Å². The largest absolute Gasteiger partial charge is 0.507 e. The summed E-state index contributed by atoms with van der Waals surface area (Å²) < 4.78 is 10.0. The van der Waals surface area contributed by atoms with Crippen LogP contribution in [-0.4, -0.2) is 36.0 Å². The van der Waals surface area contributed by atoms with E-state index in [1.165, 1.54) is 0 Å². The summed E-state index contributed by atoms with van der Waals surface area (Å²) in [6.07, 6.45) is -0.910. The number of fused-ring (bicyclic) bond motifs is 2. The molecule has 0 aromatic heterocycles. The van der Waals surface area contributed by atoms with E-state index in [2.05, 4.69) is 0 Å². The molecule has 1 heterocycles. The SMILES string of the molecule is O=COC1CC2=C(CO1)C(=O)c1cc3ccccc3c(O)c1C2=O. The fraction of sp³-hybridized carbons (Fsp3) is 0.167. The Kier molecular flexibility index (Phi) is 3.21. The number of ketones is 2. The van der Waals surface area contributed by atoms with Gasteiger partial charge in [0.15, 0.2) is 11.6 Å². The first-order chi connectivity index (χ1) is 11.6. The van der Waals surface area contributed by atoms with Gasteiger partial charge in [0.1, 0.15) is 5.75 Å². The van der Waals surface area contributed by atoms with E-state index in [4.69, 9.17) is 9.47 Å². The van der Waals surface area contributed by atoms with Gasteiger partial charge in [-0.15, -0.1) is 0 Å². The highest BCUT2D eigenvalue weighted by Crippen LogP contribution is 2.40. The topological polar surface area (TPSA) is 89.9 Å². The monoisotopic (exact) mass is 324 g/mol. The van der Waals surface area contributed by atoms with Gasteiger partial charge in [-0.05, 0) is 11.5 Å². The fourth-order valence-corrected chi connectivity index (χ4v) is 3.24. The van der Waals surface area contributed by atoms with Crippen molar-refractivity contribution in [3.05, 3.63) is 52.6 Å². The van der Waals surface area contributed by atoms with Crippen LogP contribution in [0.15, 0.2) is 41.5 Å². The predicted octanol–water partition coefficient (Wildman–Crippen LogP) is 2.14. The molecule has 0 spiro atoms. The van der Waals surface area contributed by atoms with Crippen molar-refractivity contribution in [2.24, 2.45) is 0 Å². The molecule has 2 aromatic rings. The summed E-state index contributed by atoms with van der Waals surface area (Å²) >= 11 is 0. The van der Waals surface area contributed by atoms with Crippen molar-refractivity contribution in [3.63, 3.8) is 0 Å². The second kappa shape index (κ2) is 5.28. The van der Waals surface area contributed by atoms with E-state index in [-0.39, 0.29) is 53.3 Å². The van der Waals surface area contributed by atoms with E-state index < -0.39 is 12.1 Å². The lowest BCUT2D eigenvalue weighted by Gasteiger charge is -2.29. The molecule has 0 radical (unpaired) electrons. The summed E-state index contributed by atoms with van der Waals surface area (Å²) in [6.45, 7) is 0.135. The third kappa shape index (κ3) is 1.97. The minimum atomic E-state index is -0.901. The number of carbonyl (C=O) groups is 3. The third-order valence-electron chi connectivity index (χ3n) is 4.40. The number of Topliss-reactive ketones (excluding diaryl/α,β-unsaturated/α-hetero) is 2. The predicted molar refractivity (Wildman–Crippen MR) is 82.8 cm³/mol. The van der Waals surface area contributed by atoms with Crippen molar-refractivity contribution in [1.82, 2.24) is 0 Å². The highest BCUT2D eigenvalue weighted by atomic mass is 16.7. The Morgan fingerprint density at radius 1 is 1.17 bits per heavy atom. The minimum Gasteiger partial charge on any atom is -0.507 e. The first kappa shape index (κ1) is 14.6. The van der Waals surface area contributed by atoms with Crippen molar-refractivity contribution in [2.45, 2.75) is 12.7 Å². The van der Waals surface area contributed by atoms with Crippen molar-refractivity contribution in [2.75, 3.05) is 6.61 Å². The molecule has 0 fully saturated rings. The number of hydrogen-bond donors (Lipinski definition) is 1. The van der Waals surface area contributed by atoms with Crippen LogP contribution in [0.3, 0.4) is 0 Å². The Hall–Kier alpha value is -2.99. The zero-order valence-electron chi connectivity index (χ0n) is 12.4. The van der Waals surface area contributed by atoms with Crippen LogP contribution in [0, 0.1) is 0 Å². The second-order valence-corrected chi connectivity index (χ2v) is 5.66. The second-order valence-electron chi connectivity index (χ2n) is 5.66. The molecule has 1 N–H and O–H groups in total. The zero-order chi connectivity index (χ0) is 16.8. The molecule has 120 valence electrons. The van der Waals surface area contributed by atoms with Crippen molar-refractivity contribution in [3.8, 4) is 5.75 Å². The van der Waals surface area contributed by atoms with E-state index in [9.17, 15) is 19.5 Å². The first-order valence-corrected chi connectivity index (χ1v) is 7.38. The van der Waals surface area contributed by atoms with Crippen molar-refractivity contribution in [1.29, 1.82) is 0 Å². The number of benzene rings is 2. The molecule has 0 saturated heterocycles. The number of hydrogen-bond acceptors (Lipinski definition) is 6. The normalized spacial score (nSPS) is 19.9. The van der Waals surface area contributed by atoms with Gasteiger partial charge in [-0.2, -0.15) is 0 Å². The molecule has 4 rings (SSSR count). The first-order valence-electron chi connectivity index (χ1n) is 7.38. The van der Waals surface area contributed by atoms with Crippen molar-refractivity contribution < 1.29 is 29.0 Å². The molecule has 1 aliphatic heterocycles. The zero-order valence-corrected chi connectivity index (χ0v) is 12.4. The lowest BCUT2D eigenvalue weighted by atomic mass is 9.80. The number of phenols is 1. The summed E-state index contributed by atoms with van der Waals surface area (Å²) in [5.41, 5.74) is 0.668. The molecule has 1 atom stereocenters. The maximum Gasteiger partial charge on any atom is 0.295 e. The van der Waals surface area contributed by atoms with Crippen LogP contribution in [-0.2, 0) is 14.3 Å². The Morgan fingerprint density at radius 3 is 2.75 bits per heavy atom. The molecule has 0 saturated carbocycles. The van der Waals surface area contributed by atoms with Crippen molar-refractivity contribution >= 4 is 28.8 Å². The molecule has 24 heavy (non-hydrogen) atoms. The van der Waals surface area contributed by atoms with E-state index >= 15 is 0 Å². The van der Waals surface area contributed by atoms with E-state index in [1.807, 2.05) is 0 Å². The smallest absolute Gasteiger partial charge is 0.295 e. The summed E-state index contributed by atoms with van der Waals surface area (Å²) in [6, 6.07) is 8.61. The van der Waals surface area contributed by atoms with Gasteiger partial charge in [0, 0.05) is 28.5 Å². The highest BCUT2D eigenvalue weighted by Gasteiger charge is 2.39. The lowest BCUT2D eigenvalue weighted by molar-refractivity contribution is -0.163. The Labute approximate surface area is 136 Å². The molecule has 1 unspecified atom stereocenters. The molecular formula is C18H12O6. The number of rotatable bonds is 2. The summed E-state index contributed by atoms with van der Waals surface area (Å²) in [7, 11) is 0. The van der Waals surface area contributed by atoms with Crippen LogP contribution < -0.4 is 0 Å². The van der Waals surface area contributed by atoms with Gasteiger partial charge in [-0.3, -0.25) is 14.4 Å². The maximum atomic E-state index is 12.8. The summed E-state index contributed by atoms with van der Waals surface area (Å²) in [4.78, 5) is 36.1. The Balaban J connectivity index is 1.90. The minimum absolute atomic E-state index is 0.00389. The maximum absolute atomic E-state index is 12.8. The molecule has 6 heteroatoms. The van der Waals surface area contributed by atoms with E-state index in [1.54, 1.807) is 30.3 Å². The quantitative estimate of drug-likeness (QED) is 0.851. The lowest BCUT2D eigenvalue weighted by Crippen LogP contribution is -2.33. The number of ether oxygens (including phenoxy) is 2. The fourth-order valence-electron chi connectivity index (χ4n) is 3.24. The highest BCUT2D eigenvalue weighted by molar-refractivity contribution is 6.29. The van der Waals surface area contributed by atoms with Gasteiger partial charge in [0.25, 0.3) is 6.47 Å². The van der Waals surface area contributed by atoms with Crippen LogP contribution >= 0.6 is 0 Å². The van der Waals surface area contributed by atoms with E-state index in [0.29, 0.717) is 10.8 Å². The standard InChI is InChI=1S/C18H12O6/c19-8-24-14-6-11-13(7-23-14)16(20)12-5-9-3-1-2-4-10(9)17(21)15(12)18(11)22/h1-5,8,14,21H,6-7H2. The Morgan fingerprint density at radius 2 is 1.96 bits per heavy atom. The molecular weight excluding hydrogens is 312 g/mol. The van der Waals surface area contributed by atoms with Crippen LogP contribution in [0.5, 0.6) is 5.75 Å². The molecule has 2 aromatic carbocycles. The number of carbonyl (C=O) groups excluding carboxylic acids is 3. The molecule has 1 aliphatic carbocycles. The molecule has 2 aliphatic rings. The van der Waals surface area contributed by atoms with Gasteiger partial charge >= 0.3 is 0 Å². The molecule has 0 bridgehead atoms. The molecule has 0 amide bonds. The van der Waals surface area contributed by atoms with Gasteiger partial charge < -0.3 is 14.6 Å². The van der Waals surface area contributed by atoms with Crippen LogP contribution in [0.4, 0.5) is 0 Å². The van der Waals surface area contributed by atoms with Crippen LogP contribution in [0.2, 0.25) is 0 Å². The van der Waals surface area contributed by atoms with Gasteiger partial charge in [-0.25, -0.2) is 0 Å². The van der Waals surface area contributed by atoms with Gasteiger partial charge in [-0.1, -0.05) is 24.3 Å². The average molecular weight is 324 g/mol. The summed E-state index contributed by atoms with van der Waals surface area (Å²) in [5.74, 6) is -0.969. The van der Waals surface area contributed by atoms with Crippen LogP contribution in [0.25, 0.3) is 10.8 Å². The third-order valence-corrected chi connectivity index (χ3v) is 4.40.